The van der Waals surface area contributed by atoms with E-state index in [9.17, 15) is 9.18 Å². The van der Waals surface area contributed by atoms with E-state index in [1.54, 1.807) is 18.5 Å². The fourth-order valence-electron chi connectivity index (χ4n) is 3.18. The smallest absolute Gasteiger partial charge is 0.251 e. The van der Waals surface area contributed by atoms with Crippen molar-refractivity contribution in [2.24, 2.45) is 0 Å². The van der Waals surface area contributed by atoms with Crippen LogP contribution in [-0.4, -0.2) is 35.6 Å². The van der Waals surface area contributed by atoms with Crippen molar-refractivity contribution in [2.75, 3.05) is 13.7 Å². The molecular formula is C21H18FN3O3. The molecule has 1 aliphatic heterocycles. The third-order valence-corrected chi connectivity index (χ3v) is 4.54. The number of hydrogen-bond acceptors (Lipinski definition) is 5. The number of hydrogen-bond donors (Lipinski definition) is 1. The minimum absolute atomic E-state index is 0.0989. The Bertz CT molecular complexity index is 1010. The number of aromatic nitrogens is 2. The maximum absolute atomic E-state index is 13.8. The summed E-state index contributed by atoms with van der Waals surface area (Å²) >= 11 is 0. The molecule has 7 heteroatoms. The van der Waals surface area contributed by atoms with Gasteiger partial charge < -0.3 is 14.8 Å². The van der Waals surface area contributed by atoms with E-state index < -0.39 is 5.82 Å². The molecule has 1 N–H and O–H groups in total. The molecule has 2 aromatic carbocycles. The first kappa shape index (κ1) is 17.9. The SMILES string of the molecule is COc1ccc(C(=O)NCC2Cc3cccc(-c4ncccn4)c3O2)cc1F. The first-order valence-electron chi connectivity index (χ1n) is 8.83. The molecule has 4 rings (SSSR count). The number of nitrogens with zero attached hydrogens (tertiary/aromatic N) is 2. The molecule has 0 radical (unpaired) electrons. The van der Waals surface area contributed by atoms with Gasteiger partial charge >= 0.3 is 0 Å². The van der Waals surface area contributed by atoms with E-state index in [-0.39, 0.29) is 23.3 Å². The van der Waals surface area contributed by atoms with Gasteiger partial charge in [0.2, 0.25) is 0 Å². The predicted molar refractivity (Wildman–Crippen MR) is 101 cm³/mol. The van der Waals surface area contributed by atoms with Crippen LogP contribution in [0.2, 0.25) is 0 Å². The van der Waals surface area contributed by atoms with Gasteiger partial charge in [-0.3, -0.25) is 4.79 Å². The van der Waals surface area contributed by atoms with E-state index in [2.05, 4.69) is 15.3 Å². The number of ether oxygens (including phenoxy) is 2. The third-order valence-electron chi connectivity index (χ3n) is 4.54. The van der Waals surface area contributed by atoms with Gasteiger partial charge in [-0.1, -0.05) is 12.1 Å². The molecule has 142 valence electrons. The van der Waals surface area contributed by atoms with E-state index in [0.717, 1.165) is 22.9 Å². The molecule has 0 spiro atoms. The Kier molecular flexibility index (Phi) is 4.89. The summed E-state index contributed by atoms with van der Waals surface area (Å²) in [5.74, 6) is 0.489. The zero-order valence-electron chi connectivity index (χ0n) is 15.2. The van der Waals surface area contributed by atoms with Gasteiger partial charge in [0.25, 0.3) is 5.91 Å². The highest BCUT2D eigenvalue weighted by molar-refractivity contribution is 5.94. The summed E-state index contributed by atoms with van der Waals surface area (Å²) in [4.78, 5) is 20.9. The molecule has 1 amide bonds. The van der Waals surface area contributed by atoms with Crippen LogP contribution in [0.3, 0.4) is 0 Å². The lowest BCUT2D eigenvalue weighted by molar-refractivity contribution is 0.0933. The molecule has 1 unspecified atom stereocenters. The van der Waals surface area contributed by atoms with Crippen molar-refractivity contribution < 1.29 is 18.7 Å². The molecule has 3 aromatic rings. The average molecular weight is 379 g/mol. The van der Waals surface area contributed by atoms with Crippen LogP contribution in [0, 0.1) is 5.82 Å². The van der Waals surface area contributed by atoms with Crippen LogP contribution in [0.25, 0.3) is 11.4 Å². The first-order valence-corrected chi connectivity index (χ1v) is 8.83. The maximum atomic E-state index is 13.8. The van der Waals surface area contributed by atoms with Gasteiger partial charge in [0.1, 0.15) is 11.9 Å². The number of carbonyl (C=O) groups excluding carboxylic acids is 1. The van der Waals surface area contributed by atoms with Crippen LogP contribution in [0.15, 0.2) is 54.9 Å². The molecule has 28 heavy (non-hydrogen) atoms. The highest BCUT2D eigenvalue weighted by atomic mass is 19.1. The summed E-state index contributed by atoms with van der Waals surface area (Å²) in [6.07, 6.45) is 3.81. The topological polar surface area (TPSA) is 73.3 Å². The molecule has 1 aliphatic rings. The maximum Gasteiger partial charge on any atom is 0.251 e. The minimum Gasteiger partial charge on any atom is -0.494 e. The largest absolute Gasteiger partial charge is 0.494 e. The fourth-order valence-corrected chi connectivity index (χ4v) is 3.18. The Balaban J connectivity index is 1.43. The van der Waals surface area contributed by atoms with E-state index in [4.69, 9.17) is 9.47 Å². The van der Waals surface area contributed by atoms with E-state index in [0.29, 0.717) is 18.8 Å². The van der Waals surface area contributed by atoms with E-state index >= 15 is 0 Å². The van der Waals surface area contributed by atoms with Crippen molar-refractivity contribution in [3.63, 3.8) is 0 Å². The van der Waals surface area contributed by atoms with Crippen LogP contribution in [0.5, 0.6) is 11.5 Å². The van der Waals surface area contributed by atoms with Gasteiger partial charge in [0, 0.05) is 24.4 Å². The quantitative estimate of drug-likeness (QED) is 0.738. The number of para-hydroxylation sites is 1. The molecule has 6 nitrogen and oxygen atoms in total. The molecule has 1 aromatic heterocycles. The lowest BCUT2D eigenvalue weighted by Gasteiger charge is -2.13. The second kappa shape index (κ2) is 7.64. The van der Waals surface area contributed by atoms with Crippen LogP contribution >= 0.6 is 0 Å². The van der Waals surface area contributed by atoms with Crippen LogP contribution in [0.4, 0.5) is 4.39 Å². The summed E-state index contributed by atoms with van der Waals surface area (Å²) in [7, 11) is 1.38. The molecule has 2 heterocycles. The molecule has 0 aliphatic carbocycles. The van der Waals surface area contributed by atoms with Crippen molar-refractivity contribution in [1.29, 1.82) is 0 Å². The first-order chi connectivity index (χ1) is 13.7. The number of halogens is 1. The summed E-state index contributed by atoms with van der Waals surface area (Å²) < 4.78 is 24.7. The Morgan fingerprint density at radius 3 is 2.82 bits per heavy atom. The number of rotatable bonds is 5. The molecule has 0 saturated carbocycles. The highest BCUT2D eigenvalue weighted by Crippen LogP contribution is 2.37. The zero-order valence-corrected chi connectivity index (χ0v) is 15.2. The van der Waals surface area contributed by atoms with Gasteiger partial charge in [-0.2, -0.15) is 0 Å². The van der Waals surface area contributed by atoms with Crippen LogP contribution < -0.4 is 14.8 Å². The Morgan fingerprint density at radius 2 is 2.07 bits per heavy atom. The number of benzene rings is 2. The van der Waals surface area contributed by atoms with Crippen molar-refractivity contribution in [3.05, 3.63) is 71.8 Å². The number of amides is 1. The number of carbonyl (C=O) groups is 1. The number of nitrogens with one attached hydrogen (secondary N) is 1. The van der Waals surface area contributed by atoms with E-state index in [1.807, 2.05) is 18.2 Å². The fraction of sp³-hybridized carbons (Fsp3) is 0.190. The van der Waals surface area contributed by atoms with Crippen LogP contribution in [0.1, 0.15) is 15.9 Å². The Hall–Kier alpha value is -3.48. The van der Waals surface area contributed by atoms with E-state index in [1.165, 1.54) is 19.2 Å². The Labute approximate surface area is 161 Å². The van der Waals surface area contributed by atoms with Crippen molar-refractivity contribution in [2.45, 2.75) is 12.5 Å². The Morgan fingerprint density at radius 1 is 1.25 bits per heavy atom. The molecule has 1 atom stereocenters. The second-order valence-corrected chi connectivity index (χ2v) is 6.37. The molecule has 0 fully saturated rings. The van der Waals surface area contributed by atoms with Gasteiger partial charge in [0.15, 0.2) is 17.4 Å². The van der Waals surface area contributed by atoms with Gasteiger partial charge in [-0.15, -0.1) is 0 Å². The second-order valence-electron chi connectivity index (χ2n) is 6.37. The molecule has 0 bridgehead atoms. The zero-order chi connectivity index (χ0) is 19.5. The highest BCUT2D eigenvalue weighted by Gasteiger charge is 2.27. The molecule has 0 saturated heterocycles. The average Bonchev–Trinajstić information content (AvgIpc) is 3.15. The van der Waals surface area contributed by atoms with Crippen molar-refractivity contribution >= 4 is 5.91 Å². The lowest BCUT2D eigenvalue weighted by Crippen LogP contribution is -2.34. The number of fused-ring (bicyclic) bond motifs is 1. The number of methoxy groups -OCH3 is 1. The minimum atomic E-state index is -0.577. The van der Waals surface area contributed by atoms with Gasteiger partial charge in [-0.25, -0.2) is 14.4 Å². The summed E-state index contributed by atoms with van der Waals surface area (Å²) in [5, 5.41) is 2.80. The predicted octanol–water partition coefficient (Wildman–Crippen LogP) is 3.02. The monoisotopic (exact) mass is 379 g/mol. The third kappa shape index (κ3) is 3.51. The van der Waals surface area contributed by atoms with Crippen LogP contribution in [-0.2, 0) is 6.42 Å². The lowest BCUT2D eigenvalue weighted by atomic mass is 10.1. The standard InChI is InChI=1S/C21H18FN3O3/c1-27-18-7-6-14(11-17(18)22)21(26)25-12-15-10-13-4-2-5-16(19(13)28-15)20-23-8-3-9-24-20/h2-9,11,15H,10,12H2,1H3,(H,25,26). The van der Waals surface area contributed by atoms with Crippen molar-refractivity contribution in [1.82, 2.24) is 15.3 Å². The summed E-state index contributed by atoms with van der Waals surface area (Å²) in [6, 6.07) is 11.7. The molecular weight excluding hydrogens is 361 g/mol. The summed E-state index contributed by atoms with van der Waals surface area (Å²) in [5.41, 5.74) is 2.09. The summed E-state index contributed by atoms with van der Waals surface area (Å²) in [6.45, 7) is 0.302. The van der Waals surface area contributed by atoms with Gasteiger partial charge in [0.05, 0.1) is 19.2 Å². The normalized spacial score (nSPS) is 14.9. The van der Waals surface area contributed by atoms with Crippen molar-refractivity contribution in [3.8, 4) is 22.9 Å². The van der Waals surface area contributed by atoms with Gasteiger partial charge in [-0.05, 0) is 35.9 Å².